The highest BCUT2D eigenvalue weighted by Gasteiger charge is 2.29. The molecule has 0 aromatic carbocycles. The molecule has 0 aliphatic carbocycles. The van der Waals surface area contributed by atoms with Gasteiger partial charge in [-0.2, -0.15) is 0 Å². The van der Waals surface area contributed by atoms with Gasteiger partial charge in [-0.15, -0.1) is 0 Å². The first kappa shape index (κ1) is 18.6. The van der Waals surface area contributed by atoms with E-state index in [0.29, 0.717) is 13.0 Å². The third kappa shape index (κ3) is 5.42. The minimum atomic E-state index is -2.58. The molecule has 0 bridgehead atoms. The minimum Gasteiger partial charge on any atom is -0.338 e. The van der Waals surface area contributed by atoms with E-state index in [2.05, 4.69) is 5.32 Å². The maximum atomic E-state index is 12.5. The molecule has 0 spiro atoms. The van der Waals surface area contributed by atoms with Crippen molar-refractivity contribution in [1.82, 2.24) is 15.1 Å². The highest BCUT2D eigenvalue weighted by molar-refractivity contribution is 5.87. The fourth-order valence-electron chi connectivity index (χ4n) is 2.72. The number of nitrogens with one attached hydrogen (secondary N) is 1. The van der Waals surface area contributed by atoms with E-state index >= 15 is 0 Å². The van der Waals surface area contributed by atoms with Gasteiger partial charge in [0.25, 0.3) is 6.43 Å². The maximum Gasteiger partial charge on any atom is 0.318 e. The van der Waals surface area contributed by atoms with Crippen molar-refractivity contribution in [3.05, 3.63) is 0 Å². The Morgan fingerprint density at radius 2 is 2.05 bits per heavy atom. The summed E-state index contributed by atoms with van der Waals surface area (Å²) >= 11 is 0. The van der Waals surface area contributed by atoms with Crippen LogP contribution in [0.15, 0.2) is 0 Å². The highest BCUT2D eigenvalue weighted by atomic mass is 19.3. The first-order valence-electron chi connectivity index (χ1n) is 8.00. The summed E-state index contributed by atoms with van der Waals surface area (Å²) in [5.74, 6) is -0.144. The number of likely N-dealkylation sites (tertiary alicyclic amines) is 1. The number of carbonyl (C=O) groups excluding carboxylic acids is 2. The summed E-state index contributed by atoms with van der Waals surface area (Å²) in [5, 5.41) is 2.55. The van der Waals surface area contributed by atoms with Gasteiger partial charge >= 0.3 is 6.03 Å². The fraction of sp³-hybridized carbons (Fsp3) is 0.867. The van der Waals surface area contributed by atoms with Crippen molar-refractivity contribution in [1.29, 1.82) is 0 Å². The van der Waals surface area contributed by atoms with E-state index < -0.39 is 25.0 Å². The van der Waals surface area contributed by atoms with Crippen molar-refractivity contribution in [2.24, 2.45) is 0 Å². The molecule has 1 fully saturated rings. The van der Waals surface area contributed by atoms with Crippen LogP contribution >= 0.6 is 0 Å². The molecule has 2 atom stereocenters. The van der Waals surface area contributed by atoms with Crippen molar-refractivity contribution in [3.8, 4) is 0 Å². The molecular weight excluding hydrogens is 292 g/mol. The molecule has 1 N–H and O–H groups in total. The lowest BCUT2D eigenvalue weighted by atomic mass is 10.0. The number of urea groups is 1. The third-order valence-corrected chi connectivity index (χ3v) is 3.94. The van der Waals surface area contributed by atoms with Gasteiger partial charge in [0.15, 0.2) is 0 Å². The van der Waals surface area contributed by atoms with Crippen LogP contribution in [0.3, 0.4) is 0 Å². The summed E-state index contributed by atoms with van der Waals surface area (Å²) in [4.78, 5) is 27.3. The smallest absolute Gasteiger partial charge is 0.318 e. The van der Waals surface area contributed by atoms with Crippen LogP contribution < -0.4 is 5.32 Å². The predicted molar refractivity (Wildman–Crippen MR) is 80.9 cm³/mol. The number of hydrogen-bond donors (Lipinski definition) is 1. The molecule has 22 heavy (non-hydrogen) atoms. The van der Waals surface area contributed by atoms with Gasteiger partial charge in [0, 0.05) is 19.1 Å². The molecule has 1 aliphatic rings. The average Bonchev–Trinajstić information content (AvgIpc) is 2.46. The number of carbonyl (C=O) groups is 2. The fourth-order valence-corrected chi connectivity index (χ4v) is 2.72. The lowest BCUT2D eigenvalue weighted by molar-refractivity contribution is -0.136. The van der Waals surface area contributed by atoms with E-state index in [9.17, 15) is 18.4 Å². The molecule has 7 heteroatoms. The van der Waals surface area contributed by atoms with Crippen molar-refractivity contribution in [2.75, 3.05) is 19.6 Å². The molecule has 5 nitrogen and oxygen atoms in total. The molecule has 0 aromatic heterocycles. The second-order valence-electron chi connectivity index (χ2n) is 5.88. The van der Waals surface area contributed by atoms with Crippen LogP contribution in [0.1, 0.15) is 46.5 Å². The number of rotatable bonds is 6. The quantitative estimate of drug-likeness (QED) is 0.817. The molecule has 1 heterocycles. The van der Waals surface area contributed by atoms with E-state index in [0.717, 1.165) is 24.2 Å². The number of alkyl halides is 2. The summed E-state index contributed by atoms with van der Waals surface area (Å²) < 4.78 is 25.0. The largest absolute Gasteiger partial charge is 0.338 e. The highest BCUT2D eigenvalue weighted by Crippen LogP contribution is 2.17. The van der Waals surface area contributed by atoms with Crippen molar-refractivity contribution >= 4 is 11.9 Å². The first-order chi connectivity index (χ1) is 10.4. The average molecular weight is 319 g/mol. The van der Waals surface area contributed by atoms with Gasteiger partial charge in [-0.05, 0) is 39.5 Å². The Morgan fingerprint density at radius 3 is 2.59 bits per heavy atom. The Morgan fingerprint density at radius 1 is 1.36 bits per heavy atom. The molecular formula is C15H27F2N3O2. The second-order valence-corrected chi connectivity index (χ2v) is 5.88. The van der Waals surface area contributed by atoms with Crippen LogP contribution in [0.2, 0.25) is 0 Å². The Kier molecular flexibility index (Phi) is 7.55. The molecule has 1 aliphatic heterocycles. The molecule has 0 saturated carbocycles. The Hall–Kier alpha value is -1.40. The lowest BCUT2D eigenvalue weighted by Crippen LogP contribution is -2.54. The summed E-state index contributed by atoms with van der Waals surface area (Å²) in [6.45, 7) is 5.74. The Bertz CT molecular complexity index is 380. The van der Waals surface area contributed by atoms with Gasteiger partial charge in [-0.25, -0.2) is 13.6 Å². The van der Waals surface area contributed by atoms with E-state index in [1.165, 1.54) is 0 Å². The number of piperidine rings is 1. The molecule has 0 aromatic rings. The molecule has 0 radical (unpaired) electrons. The van der Waals surface area contributed by atoms with Gasteiger partial charge in [0.2, 0.25) is 5.91 Å². The first-order valence-corrected chi connectivity index (χ1v) is 8.00. The molecule has 1 rings (SSSR count). The molecule has 1 saturated heterocycles. The van der Waals surface area contributed by atoms with Crippen molar-refractivity contribution in [2.45, 2.75) is 65.0 Å². The van der Waals surface area contributed by atoms with E-state index in [-0.39, 0.29) is 18.5 Å². The maximum absolute atomic E-state index is 12.5. The zero-order valence-corrected chi connectivity index (χ0v) is 13.6. The van der Waals surface area contributed by atoms with E-state index in [4.69, 9.17) is 0 Å². The monoisotopic (exact) mass is 319 g/mol. The van der Waals surface area contributed by atoms with E-state index in [1.807, 2.05) is 13.8 Å². The van der Waals surface area contributed by atoms with Gasteiger partial charge in [-0.1, -0.05) is 6.92 Å². The molecule has 128 valence electrons. The van der Waals surface area contributed by atoms with Crippen LogP contribution in [0.4, 0.5) is 13.6 Å². The Labute approximate surface area is 131 Å². The lowest BCUT2D eigenvalue weighted by Gasteiger charge is -2.35. The van der Waals surface area contributed by atoms with Crippen LogP contribution in [-0.4, -0.2) is 59.9 Å². The van der Waals surface area contributed by atoms with Crippen LogP contribution in [0, 0.1) is 0 Å². The SMILES string of the molecule is CCCN(CC(F)F)C(=O)NC(C)C(=O)N1CCCCC1C. The van der Waals surface area contributed by atoms with E-state index in [1.54, 1.807) is 11.8 Å². The molecule has 3 amide bonds. The van der Waals surface area contributed by atoms with Gasteiger partial charge in [0.1, 0.15) is 6.04 Å². The van der Waals surface area contributed by atoms with Crippen molar-refractivity contribution in [3.63, 3.8) is 0 Å². The summed E-state index contributed by atoms with van der Waals surface area (Å²) in [7, 11) is 0. The predicted octanol–water partition coefficient (Wildman–Crippen LogP) is 2.46. The Balaban J connectivity index is 2.58. The standard InChI is InChI=1S/C15H27F2N3O2/c1-4-8-19(10-13(16)17)15(22)18-12(3)14(21)20-9-6-5-7-11(20)2/h11-13H,4-10H2,1-3H3,(H,18,22). The van der Waals surface area contributed by atoms with Gasteiger partial charge < -0.3 is 15.1 Å². The number of amides is 3. The van der Waals surface area contributed by atoms with Crippen LogP contribution in [-0.2, 0) is 4.79 Å². The van der Waals surface area contributed by atoms with Crippen LogP contribution in [0.5, 0.6) is 0 Å². The normalized spacial score (nSPS) is 19.9. The second kappa shape index (κ2) is 8.90. The zero-order valence-electron chi connectivity index (χ0n) is 13.6. The summed E-state index contributed by atoms with van der Waals surface area (Å²) in [6.07, 6.45) is 1.03. The zero-order chi connectivity index (χ0) is 16.7. The molecule has 2 unspecified atom stereocenters. The van der Waals surface area contributed by atoms with Gasteiger partial charge in [0.05, 0.1) is 6.54 Å². The van der Waals surface area contributed by atoms with Crippen LogP contribution in [0.25, 0.3) is 0 Å². The number of halogens is 2. The minimum absolute atomic E-state index is 0.144. The summed E-state index contributed by atoms with van der Waals surface area (Å²) in [5.41, 5.74) is 0. The number of hydrogen-bond acceptors (Lipinski definition) is 2. The number of nitrogens with zero attached hydrogens (tertiary/aromatic N) is 2. The van der Waals surface area contributed by atoms with Crippen molar-refractivity contribution < 1.29 is 18.4 Å². The summed E-state index contributed by atoms with van der Waals surface area (Å²) in [6, 6.07) is -1.15. The third-order valence-electron chi connectivity index (χ3n) is 3.94. The van der Waals surface area contributed by atoms with Gasteiger partial charge in [-0.3, -0.25) is 4.79 Å². The topological polar surface area (TPSA) is 52.7 Å².